The van der Waals surface area contributed by atoms with Crippen molar-refractivity contribution in [1.82, 2.24) is 15.0 Å². The molecule has 0 spiro atoms. The van der Waals surface area contributed by atoms with Crippen LogP contribution < -0.4 is 25.8 Å². The number of nitrogens with one attached hydrogen (secondary N) is 3. The van der Waals surface area contributed by atoms with E-state index in [1.54, 1.807) is 0 Å². The topological polar surface area (TPSA) is 135 Å². The second kappa shape index (κ2) is 9.67. The fourth-order valence-corrected chi connectivity index (χ4v) is 4.28. The fourth-order valence-electron chi connectivity index (χ4n) is 2.93. The van der Waals surface area contributed by atoms with Gasteiger partial charge < -0.3 is 21.1 Å². The van der Waals surface area contributed by atoms with Gasteiger partial charge in [0.1, 0.15) is 11.6 Å². The zero-order valence-electron chi connectivity index (χ0n) is 17.1. The molecule has 32 heavy (non-hydrogen) atoms. The molecule has 2 rings (SSSR count). The van der Waals surface area contributed by atoms with Gasteiger partial charge >= 0.3 is 0 Å². The predicted molar refractivity (Wildman–Crippen MR) is 115 cm³/mol. The summed E-state index contributed by atoms with van der Waals surface area (Å²) < 4.78 is 75.2. The van der Waals surface area contributed by atoms with Gasteiger partial charge in [-0.3, -0.25) is 4.79 Å². The number of amides is 1. The number of ether oxygens (including phenoxy) is 1. The van der Waals surface area contributed by atoms with Gasteiger partial charge in [0.2, 0.25) is 10.0 Å². The number of carbonyl (C=O) groups excluding carboxylic acids is 1. The number of benzene rings is 1. The van der Waals surface area contributed by atoms with Crippen LogP contribution in [-0.2, 0) is 15.6 Å². The van der Waals surface area contributed by atoms with Gasteiger partial charge in [-0.05, 0) is 38.3 Å². The molecule has 0 aliphatic rings. The Balaban J connectivity index is 2.53. The minimum absolute atomic E-state index is 0.0552. The van der Waals surface area contributed by atoms with Crippen LogP contribution in [0.15, 0.2) is 24.4 Å². The first kappa shape index (κ1) is 25.3. The largest absolute Gasteiger partial charge is 0.495 e. The molecule has 0 unspecified atom stereocenters. The third kappa shape index (κ3) is 5.63. The molecule has 0 saturated heterocycles. The van der Waals surface area contributed by atoms with Crippen molar-refractivity contribution in [1.29, 1.82) is 0 Å². The summed E-state index contributed by atoms with van der Waals surface area (Å²) in [4.78, 5) is 16.0. The maximum Gasteiger partial charge on any atom is 0.277 e. The number of nitrogens with two attached hydrogens (primary N) is 1. The van der Waals surface area contributed by atoms with E-state index >= 15 is 4.39 Å². The van der Waals surface area contributed by atoms with E-state index in [4.69, 9.17) is 22.7 Å². The summed E-state index contributed by atoms with van der Waals surface area (Å²) in [5.41, 5.74) is 1.49. The zero-order valence-corrected chi connectivity index (χ0v) is 18.8. The van der Waals surface area contributed by atoms with Crippen LogP contribution in [0.5, 0.6) is 5.75 Å². The molecule has 1 amide bonds. The molecule has 9 nitrogen and oxygen atoms in total. The van der Waals surface area contributed by atoms with E-state index in [-0.39, 0.29) is 5.75 Å². The van der Waals surface area contributed by atoms with Gasteiger partial charge in [0.05, 0.1) is 35.8 Å². The molecular weight excluding hydrogens is 471 g/mol. The monoisotopic (exact) mass is 491 g/mol. The van der Waals surface area contributed by atoms with Crippen LogP contribution in [-0.4, -0.2) is 44.3 Å². The lowest BCUT2D eigenvalue weighted by Gasteiger charge is -2.32. The number of carbonyl (C=O) groups is 1. The Labute approximate surface area is 187 Å². The van der Waals surface area contributed by atoms with Crippen LogP contribution in [0.3, 0.4) is 0 Å². The number of aromatic nitrogens is 1. The Bertz CT molecular complexity index is 1160. The van der Waals surface area contributed by atoms with Crippen LogP contribution >= 0.6 is 12.2 Å². The molecule has 1 aromatic heterocycles. The summed E-state index contributed by atoms with van der Waals surface area (Å²) >= 11 is 4.73. The molecule has 0 aliphatic heterocycles. The van der Waals surface area contributed by atoms with E-state index in [2.05, 4.69) is 15.6 Å². The molecule has 2 aromatic rings. The number of hydrogen-bond acceptors (Lipinski definition) is 6. The van der Waals surface area contributed by atoms with Gasteiger partial charge in [0.15, 0.2) is 22.4 Å². The second-order valence-electron chi connectivity index (χ2n) is 6.73. The highest BCUT2D eigenvalue weighted by atomic mass is 32.2. The van der Waals surface area contributed by atoms with Crippen molar-refractivity contribution in [2.75, 3.05) is 25.2 Å². The first-order chi connectivity index (χ1) is 14.8. The molecule has 0 fully saturated rings. The van der Waals surface area contributed by atoms with E-state index in [9.17, 15) is 22.0 Å². The van der Waals surface area contributed by atoms with E-state index in [1.165, 1.54) is 14.0 Å². The van der Waals surface area contributed by atoms with Gasteiger partial charge in [-0.15, -0.1) is 0 Å². The molecule has 0 radical (unpaired) electrons. The number of halogens is 3. The summed E-state index contributed by atoms with van der Waals surface area (Å²) in [5.74, 6) is -5.41. The highest BCUT2D eigenvalue weighted by molar-refractivity contribution is 7.89. The number of thiocarbonyl (C=S) groups is 1. The van der Waals surface area contributed by atoms with E-state index < -0.39 is 66.7 Å². The van der Waals surface area contributed by atoms with E-state index in [0.29, 0.717) is 0 Å². The second-order valence-corrected chi connectivity index (χ2v) is 9.09. The molecule has 0 aliphatic carbocycles. The van der Waals surface area contributed by atoms with Gasteiger partial charge in [-0.2, -0.15) is 0 Å². The number of sulfonamides is 1. The van der Waals surface area contributed by atoms with Crippen LogP contribution in [0, 0.1) is 17.5 Å². The number of hydrogen-bond donors (Lipinski definition) is 4. The molecular formula is C18H20F3N5O4S2. The van der Waals surface area contributed by atoms with Crippen LogP contribution in [0.25, 0.3) is 0 Å². The molecule has 5 N–H and O–H groups in total. The molecule has 1 aromatic carbocycles. The number of rotatable bonds is 8. The Morgan fingerprint density at radius 3 is 2.47 bits per heavy atom. The van der Waals surface area contributed by atoms with Crippen molar-refractivity contribution in [3.63, 3.8) is 0 Å². The Morgan fingerprint density at radius 1 is 1.28 bits per heavy atom. The first-order valence-electron chi connectivity index (χ1n) is 8.81. The number of nitrogens with zero attached hydrogens (tertiary/aromatic N) is 1. The Hall–Kier alpha value is -2.97. The maximum atomic E-state index is 15.3. The number of pyridine rings is 1. The Kier molecular flexibility index (Phi) is 7.64. The third-order valence-corrected chi connectivity index (χ3v) is 6.03. The van der Waals surface area contributed by atoms with Gasteiger partial charge in [-0.25, -0.2) is 31.3 Å². The van der Waals surface area contributed by atoms with Crippen molar-refractivity contribution >= 4 is 38.9 Å². The van der Waals surface area contributed by atoms with Gasteiger partial charge in [0.25, 0.3) is 5.91 Å². The molecule has 14 heteroatoms. The van der Waals surface area contributed by atoms with Crippen molar-refractivity contribution in [3.05, 3.63) is 53.1 Å². The standard InChI is InChI=1S/C18H20F3N5O4S2/c1-18(26-17(22)31,8-32(28,29)23-2)13-10(19)4-5-12(14(13)21)25-16(27)15-11(20)6-9(30-3)7-24-15/h4-7,23H,8H2,1-3H3,(H,25,27)(H3,22,26,31)/t18-/m0/s1. The lowest BCUT2D eigenvalue weighted by molar-refractivity contribution is 0.101. The lowest BCUT2D eigenvalue weighted by atomic mass is 9.92. The summed E-state index contributed by atoms with van der Waals surface area (Å²) in [6.07, 6.45) is 1.08. The highest BCUT2D eigenvalue weighted by Crippen LogP contribution is 2.32. The molecule has 0 bridgehead atoms. The summed E-state index contributed by atoms with van der Waals surface area (Å²) in [7, 11) is -1.62. The van der Waals surface area contributed by atoms with E-state index in [1.807, 2.05) is 4.72 Å². The van der Waals surface area contributed by atoms with Crippen molar-refractivity contribution in [3.8, 4) is 5.75 Å². The van der Waals surface area contributed by atoms with Crippen molar-refractivity contribution in [2.24, 2.45) is 5.73 Å². The summed E-state index contributed by atoms with van der Waals surface area (Å²) in [6, 6.07) is 2.60. The fraction of sp³-hybridized carbons (Fsp3) is 0.278. The third-order valence-electron chi connectivity index (χ3n) is 4.35. The molecule has 1 atom stereocenters. The smallest absolute Gasteiger partial charge is 0.277 e. The normalized spacial score (nSPS) is 13.2. The zero-order chi connectivity index (χ0) is 24.3. The highest BCUT2D eigenvalue weighted by Gasteiger charge is 2.38. The SMILES string of the molecule is CNS(=O)(=O)C[C@](C)(NC(N)=S)c1c(F)ccc(NC(=O)c2ncc(OC)cc2F)c1F. The number of methoxy groups -OCH3 is 1. The average Bonchev–Trinajstić information content (AvgIpc) is 2.68. The minimum atomic E-state index is -4.02. The van der Waals surface area contributed by atoms with Gasteiger partial charge in [0, 0.05) is 6.07 Å². The van der Waals surface area contributed by atoms with Crippen molar-refractivity contribution in [2.45, 2.75) is 12.5 Å². The minimum Gasteiger partial charge on any atom is -0.495 e. The van der Waals surface area contributed by atoms with Crippen LogP contribution in [0.2, 0.25) is 0 Å². The first-order valence-corrected chi connectivity index (χ1v) is 10.9. The average molecular weight is 492 g/mol. The number of anilines is 1. The van der Waals surface area contributed by atoms with Crippen molar-refractivity contribution < 1.29 is 31.1 Å². The van der Waals surface area contributed by atoms with Gasteiger partial charge in [-0.1, -0.05) is 0 Å². The summed E-state index contributed by atoms with van der Waals surface area (Å²) in [5, 5.41) is 4.06. The van der Waals surface area contributed by atoms with Crippen LogP contribution in [0.4, 0.5) is 18.9 Å². The lowest BCUT2D eigenvalue weighted by Crippen LogP contribution is -2.52. The van der Waals surface area contributed by atoms with E-state index in [0.717, 1.165) is 31.4 Å². The quantitative estimate of drug-likeness (QED) is 0.407. The predicted octanol–water partition coefficient (Wildman–Crippen LogP) is 1.36. The molecule has 1 heterocycles. The van der Waals surface area contributed by atoms with Crippen LogP contribution in [0.1, 0.15) is 23.0 Å². The summed E-state index contributed by atoms with van der Waals surface area (Å²) in [6.45, 7) is 1.17. The molecule has 174 valence electrons. The Morgan fingerprint density at radius 2 is 1.94 bits per heavy atom. The molecule has 0 saturated carbocycles. The maximum absolute atomic E-state index is 15.3.